The average molecular weight is 325 g/mol. The molecular formula is C14H14BrFN2O. The highest BCUT2D eigenvalue weighted by Crippen LogP contribution is 2.31. The topological polar surface area (TPSA) is 47.3 Å². The first-order valence-electron chi connectivity index (χ1n) is 5.67. The first-order chi connectivity index (χ1) is 9.01. The number of ether oxygens (including phenoxy) is 1. The number of hydrogen-bond acceptors (Lipinski definition) is 3. The van der Waals surface area contributed by atoms with Crippen molar-refractivity contribution in [1.82, 2.24) is 0 Å². The van der Waals surface area contributed by atoms with E-state index in [4.69, 9.17) is 10.5 Å². The maximum atomic E-state index is 13.3. The first kappa shape index (κ1) is 13.7. The van der Waals surface area contributed by atoms with Gasteiger partial charge in [-0.2, -0.15) is 0 Å². The highest BCUT2D eigenvalue weighted by molar-refractivity contribution is 9.10. The van der Waals surface area contributed by atoms with Crippen molar-refractivity contribution in [3.63, 3.8) is 0 Å². The zero-order valence-corrected chi connectivity index (χ0v) is 12.2. The average Bonchev–Trinajstić information content (AvgIpc) is 2.36. The van der Waals surface area contributed by atoms with Gasteiger partial charge in [-0.05, 0) is 58.7 Å². The Morgan fingerprint density at radius 1 is 1.26 bits per heavy atom. The maximum Gasteiger partial charge on any atom is 0.133 e. The van der Waals surface area contributed by atoms with Crippen LogP contribution in [0.15, 0.2) is 34.8 Å². The molecule has 0 unspecified atom stereocenters. The molecule has 2 rings (SSSR count). The Balaban J connectivity index is 2.31. The van der Waals surface area contributed by atoms with Gasteiger partial charge in [0.2, 0.25) is 0 Å². The third-order valence-corrected chi connectivity index (χ3v) is 3.38. The molecule has 0 aliphatic rings. The fourth-order valence-electron chi connectivity index (χ4n) is 1.70. The molecule has 19 heavy (non-hydrogen) atoms. The molecule has 0 saturated heterocycles. The number of hydrogen-bond donors (Lipinski definition) is 2. The Labute approximate surface area is 119 Å². The van der Waals surface area contributed by atoms with E-state index in [1.54, 1.807) is 20.1 Å². The van der Waals surface area contributed by atoms with Crippen LogP contribution in [0, 0.1) is 12.7 Å². The molecule has 3 nitrogen and oxygen atoms in total. The molecule has 0 radical (unpaired) electrons. The molecule has 0 aliphatic carbocycles. The standard InChI is InChI=1S/C14H14BrFN2O/c1-8-5-13(12(17)7-11(8)16)18-9-3-4-14(19-2)10(15)6-9/h3-7,18H,17H2,1-2H3. The van der Waals surface area contributed by atoms with E-state index < -0.39 is 0 Å². The molecule has 0 amide bonds. The van der Waals surface area contributed by atoms with Gasteiger partial charge in [0.15, 0.2) is 0 Å². The smallest absolute Gasteiger partial charge is 0.133 e. The van der Waals surface area contributed by atoms with Crippen molar-refractivity contribution in [3.05, 3.63) is 46.2 Å². The van der Waals surface area contributed by atoms with Crippen molar-refractivity contribution in [2.24, 2.45) is 0 Å². The van der Waals surface area contributed by atoms with Crippen LogP contribution in [-0.2, 0) is 0 Å². The molecule has 0 fully saturated rings. The van der Waals surface area contributed by atoms with Gasteiger partial charge in [0.1, 0.15) is 11.6 Å². The lowest BCUT2D eigenvalue weighted by Gasteiger charge is -2.12. The normalized spacial score (nSPS) is 10.3. The van der Waals surface area contributed by atoms with Gasteiger partial charge in [-0.15, -0.1) is 0 Å². The summed E-state index contributed by atoms with van der Waals surface area (Å²) in [6.45, 7) is 1.70. The van der Waals surface area contributed by atoms with Gasteiger partial charge < -0.3 is 15.8 Å². The zero-order valence-electron chi connectivity index (χ0n) is 10.6. The summed E-state index contributed by atoms with van der Waals surface area (Å²) in [6.07, 6.45) is 0. The molecule has 0 aliphatic heterocycles. The summed E-state index contributed by atoms with van der Waals surface area (Å²) in [5.41, 5.74) is 8.22. The SMILES string of the molecule is COc1ccc(Nc2cc(C)c(F)cc2N)cc1Br. The second-order valence-electron chi connectivity index (χ2n) is 4.16. The predicted octanol–water partition coefficient (Wildman–Crippen LogP) is 4.23. The molecule has 0 heterocycles. The maximum absolute atomic E-state index is 13.3. The van der Waals surface area contributed by atoms with Crippen LogP contribution >= 0.6 is 15.9 Å². The van der Waals surface area contributed by atoms with Crippen LogP contribution < -0.4 is 15.8 Å². The molecule has 0 atom stereocenters. The van der Waals surface area contributed by atoms with Crippen molar-refractivity contribution in [2.75, 3.05) is 18.2 Å². The highest BCUT2D eigenvalue weighted by Gasteiger charge is 2.06. The number of aryl methyl sites for hydroxylation is 1. The second-order valence-corrected chi connectivity index (χ2v) is 5.02. The quantitative estimate of drug-likeness (QED) is 0.830. The number of nitrogens with two attached hydrogens (primary N) is 1. The summed E-state index contributed by atoms with van der Waals surface area (Å²) in [5.74, 6) is 0.438. The Kier molecular flexibility index (Phi) is 3.95. The number of nitrogens with one attached hydrogen (secondary N) is 1. The minimum atomic E-state index is -0.307. The number of methoxy groups -OCH3 is 1. The lowest BCUT2D eigenvalue weighted by molar-refractivity contribution is 0.412. The van der Waals surface area contributed by atoms with Crippen LogP contribution in [0.2, 0.25) is 0 Å². The number of anilines is 3. The van der Waals surface area contributed by atoms with Gasteiger partial charge in [0.05, 0.1) is 23.0 Å². The van der Waals surface area contributed by atoms with Crippen molar-refractivity contribution >= 4 is 33.0 Å². The monoisotopic (exact) mass is 324 g/mol. The summed E-state index contributed by atoms with van der Waals surface area (Å²) in [4.78, 5) is 0. The number of benzene rings is 2. The second kappa shape index (κ2) is 5.48. The summed E-state index contributed by atoms with van der Waals surface area (Å²) in [6, 6.07) is 8.57. The fraction of sp³-hybridized carbons (Fsp3) is 0.143. The molecular weight excluding hydrogens is 311 g/mol. The van der Waals surface area contributed by atoms with Crippen LogP contribution in [0.1, 0.15) is 5.56 Å². The number of halogens is 2. The molecule has 100 valence electrons. The summed E-state index contributed by atoms with van der Waals surface area (Å²) >= 11 is 3.41. The van der Waals surface area contributed by atoms with Crippen molar-refractivity contribution in [1.29, 1.82) is 0 Å². The van der Waals surface area contributed by atoms with Gasteiger partial charge in [0.25, 0.3) is 0 Å². The van der Waals surface area contributed by atoms with Gasteiger partial charge in [-0.1, -0.05) is 0 Å². The Morgan fingerprint density at radius 3 is 2.63 bits per heavy atom. The summed E-state index contributed by atoms with van der Waals surface area (Å²) in [5, 5.41) is 3.16. The van der Waals surface area contributed by atoms with E-state index in [1.807, 2.05) is 18.2 Å². The molecule has 0 spiro atoms. The Morgan fingerprint density at radius 2 is 2.00 bits per heavy atom. The molecule has 0 saturated carbocycles. The van der Waals surface area contributed by atoms with Crippen molar-refractivity contribution in [2.45, 2.75) is 6.92 Å². The van der Waals surface area contributed by atoms with E-state index >= 15 is 0 Å². The molecule has 0 bridgehead atoms. The first-order valence-corrected chi connectivity index (χ1v) is 6.46. The van der Waals surface area contributed by atoms with Gasteiger partial charge >= 0.3 is 0 Å². The molecule has 0 aromatic heterocycles. The van der Waals surface area contributed by atoms with Gasteiger partial charge in [-0.25, -0.2) is 4.39 Å². The third kappa shape index (κ3) is 2.98. The summed E-state index contributed by atoms with van der Waals surface area (Å²) in [7, 11) is 1.61. The van der Waals surface area contributed by atoms with E-state index in [1.165, 1.54) is 6.07 Å². The minimum Gasteiger partial charge on any atom is -0.496 e. The van der Waals surface area contributed by atoms with E-state index in [2.05, 4.69) is 21.2 Å². The molecule has 5 heteroatoms. The Hall–Kier alpha value is -1.75. The van der Waals surface area contributed by atoms with Crippen LogP contribution in [0.4, 0.5) is 21.5 Å². The van der Waals surface area contributed by atoms with Crippen LogP contribution in [0.5, 0.6) is 5.75 Å². The van der Waals surface area contributed by atoms with E-state index in [0.717, 1.165) is 15.9 Å². The number of rotatable bonds is 3. The van der Waals surface area contributed by atoms with Crippen LogP contribution in [0.3, 0.4) is 0 Å². The summed E-state index contributed by atoms with van der Waals surface area (Å²) < 4.78 is 19.3. The van der Waals surface area contributed by atoms with Crippen molar-refractivity contribution < 1.29 is 9.13 Å². The van der Waals surface area contributed by atoms with Gasteiger partial charge in [0, 0.05) is 5.69 Å². The van der Waals surface area contributed by atoms with Gasteiger partial charge in [-0.3, -0.25) is 0 Å². The third-order valence-electron chi connectivity index (χ3n) is 2.76. The Bertz CT molecular complexity index is 617. The highest BCUT2D eigenvalue weighted by atomic mass is 79.9. The predicted molar refractivity (Wildman–Crippen MR) is 79.5 cm³/mol. The van der Waals surface area contributed by atoms with E-state index in [-0.39, 0.29) is 5.82 Å². The van der Waals surface area contributed by atoms with Crippen LogP contribution in [-0.4, -0.2) is 7.11 Å². The zero-order chi connectivity index (χ0) is 14.0. The minimum absolute atomic E-state index is 0.307. The van der Waals surface area contributed by atoms with Crippen LogP contribution in [0.25, 0.3) is 0 Å². The van der Waals surface area contributed by atoms with E-state index in [9.17, 15) is 4.39 Å². The molecule has 3 N–H and O–H groups in total. The lowest BCUT2D eigenvalue weighted by Crippen LogP contribution is -1.99. The van der Waals surface area contributed by atoms with E-state index in [0.29, 0.717) is 16.9 Å². The largest absolute Gasteiger partial charge is 0.496 e. The molecule has 2 aromatic rings. The van der Waals surface area contributed by atoms with Crippen molar-refractivity contribution in [3.8, 4) is 5.75 Å². The fourth-order valence-corrected chi connectivity index (χ4v) is 2.25. The number of nitrogen functional groups attached to an aromatic ring is 1. The lowest BCUT2D eigenvalue weighted by atomic mass is 10.1. The molecule has 2 aromatic carbocycles.